The monoisotopic (exact) mass is 263 g/mol. The normalized spacial score (nSPS) is 28.4. The number of hydrogen-bond donors (Lipinski definition) is 1. The van der Waals surface area contributed by atoms with E-state index < -0.39 is 0 Å². The molecule has 3 unspecified atom stereocenters. The number of nitrogens with one attached hydrogen (secondary N) is 1. The number of thioether (sulfide) groups is 1. The summed E-state index contributed by atoms with van der Waals surface area (Å²) in [6.45, 7) is 4.48. The van der Waals surface area contributed by atoms with Crippen LogP contribution in [0, 0.1) is 0 Å². The van der Waals surface area contributed by atoms with Crippen LogP contribution in [-0.2, 0) is 0 Å². The second-order valence-electron chi connectivity index (χ2n) is 5.36. The minimum absolute atomic E-state index is 0.484. The number of anilines is 1. The fourth-order valence-corrected chi connectivity index (χ4v) is 3.33. The third-order valence-electron chi connectivity index (χ3n) is 4.12. The summed E-state index contributed by atoms with van der Waals surface area (Å²) < 4.78 is 0. The number of pyridine rings is 1. The van der Waals surface area contributed by atoms with Gasteiger partial charge in [-0.3, -0.25) is 4.98 Å². The van der Waals surface area contributed by atoms with Crippen molar-refractivity contribution in [3.05, 3.63) is 24.0 Å². The summed E-state index contributed by atoms with van der Waals surface area (Å²) in [7, 11) is 0. The van der Waals surface area contributed by atoms with Gasteiger partial charge < -0.3 is 10.2 Å². The molecule has 3 heterocycles. The SMILES string of the molecule is CSC(C)c1ccc(N2CC3CCC(C2)N3)cn1. The average Bonchev–Trinajstić information content (AvgIpc) is 2.77. The van der Waals surface area contributed by atoms with E-state index in [0.717, 1.165) is 13.1 Å². The molecule has 1 N–H and O–H groups in total. The molecule has 2 aliphatic heterocycles. The number of piperazine rings is 1. The van der Waals surface area contributed by atoms with Crippen LogP contribution in [-0.4, -0.2) is 36.4 Å². The van der Waals surface area contributed by atoms with E-state index in [9.17, 15) is 0 Å². The molecule has 3 nitrogen and oxygen atoms in total. The van der Waals surface area contributed by atoms with Crippen molar-refractivity contribution in [2.75, 3.05) is 24.2 Å². The Hall–Kier alpha value is -0.740. The summed E-state index contributed by atoms with van der Waals surface area (Å²) >= 11 is 1.84. The van der Waals surface area contributed by atoms with E-state index in [0.29, 0.717) is 17.3 Å². The van der Waals surface area contributed by atoms with E-state index >= 15 is 0 Å². The molecular weight excluding hydrogens is 242 g/mol. The van der Waals surface area contributed by atoms with Gasteiger partial charge in [-0.05, 0) is 38.2 Å². The molecule has 0 radical (unpaired) electrons. The molecule has 0 spiro atoms. The van der Waals surface area contributed by atoms with Crippen molar-refractivity contribution in [3.8, 4) is 0 Å². The fourth-order valence-electron chi connectivity index (χ4n) is 2.95. The zero-order valence-corrected chi connectivity index (χ0v) is 11.9. The van der Waals surface area contributed by atoms with Crippen LogP contribution >= 0.6 is 11.8 Å². The molecule has 3 atom stereocenters. The highest BCUT2D eigenvalue weighted by atomic mass is 32.2. The van der Waals surface area contributed by atoms with E-state index in [-0.39, 0.29) is 0 Å². The van der Waals surface area contributed by atoms with Crippen LogP contribution in [0.5, 0.6) is 0 Å². The lowest BCUT2D eigenvalue weighted by Crippen LogP contribution is -2.51. The molecule has 1 aromatic rings. The smallest absolute Gasteiger partial charge is 0.0554 e. The van der Waals surface area contributed by atoms with E-state index in [1.807, 2.05) is 18.0 Å². The van der Waals surface area contributed by atoms with Crippen molar-refractivity contribution in [1.82, 2.24) is 10.3 Å². The molecule has 3 rings (SSSR count). The van der Waals surface area contributed by atoms with E-state index in [1.54, 1.807) is 0 Å². The van der Waals surface area contributed by atoms with E-state index in [2.05, 4.69) is 40.5 Å². The largest absolute Gasteiger partial charge is 0.367 e. The van der Waals surface area contributed by atoms with Crippen LogP contribution in [0.1, 0.15) is 30.7 Å². The molecule has 2 aliphatic rings. The lowest BCUT2D eigenvalue weighted by Gasteiger charge is -2.34. The van der Waals surface area contributed by atoms with Crippen LogP contribution in [0.15, 0.2) is 18.3 Å². The van der Waals surface area contributed by atoms with Crippen molar-refractivity contribution < 1.29 is 0 Å². The molecule has 2 saturated heterocycles. The van der Waals surface area contributed by atoms with Gasteiger partial charge in [0.15, 0.2) is 0 Å². The highest BCUT2D eigenvalue weighted by Gasteiger charge is 2.32. The molecule has 98 valence electrons. The van der Waals surface area contributed by atoms with Gasteiger partial charge >= 0.3 is 0 Å². The topological polar surface area (TPSA) is 28.2 Å². The summed E-state index contributed by atoms with van der Waals surface area (Å²) in [6.07, 6.45) is 6.84. The Morgan fingerprint density at radius 2 is 2.06 bits per heavy atom. The summed E-state index contributed by atoms with van der Waals surface area (Å²) in [5.74, 6) is 0. The van der Waals surface area contributed by atoms with Gasteiger partial charge in [0.25, 0.3) is 0 Å². The Bertz CT molecular complexity index is 394. The first kappa shape index (κ1) is 12.3. The molecule has 0 amide bonds. The summed E-state index contributed by atoms with van der Waals surface area (Å²) in [4.78, 5) is 7.10. The first-order valence-electron chi connectivity index (χ1n) is 6.76. The highest BCUT2D eigenvalue weighted by molar-refractivity contribution is 7.98. The van der Waals surface area contributed by atoms with Gasteiger partial charge in [0.05, 0.1) is 17.6 Å². The second kappa shape index (κ2) is 5.10. The lowest BCUT2D eigenvalue weighted by atomic mass is 10.2. The second-order valence-corrected chi connectivity index (χ2v) is 6.54. The maximum atomic E-state index is 4.61. The maximum absolute atomic E-state index is 4.61. The van der Waals surface area contributed by atoms with Crippen molar-refractivity contribution in [2.45, 2.75) is 37.1 Å². The quantitative estimate of drug-likeness (QED) is 0.906. The first-order chi connectivity index (χ1) is 8.76. The minimum Gasteiger partial charge on any atom is -0.367 e. The van der Waals surface area contributed by atoms with Crippen LogP contribution in [0.3, 0.4) is 0 Å². The molecule has 0 aromatic carbocycles. The molecule has 2 bridgehead atoms. The standard InChI is InChI=1S/C14H21N3S/c1-10(18-2)14-6-5-13(7-15-14)17-8-11-3-4-12(9-17)16-11/h5-7,10-12,16H,3-4,8-9H2,1-2H3. The van der Waals surface area contributed by atoms with Gasteiger partial charge in [0.2, 0.25) is 0 Å². The molecule has 2 fully saturated rings. The summed E-state index contributed by atoms with van der Waals surface area (Å²) in [6, 6.07) is 5.79. The zero-order chi connectivity index (χ0) is 12.5. The van der Waals surface area contributed by atoms with Gasteiger partial charge in [-0.15, -0.1) is 0 Å². The summed E-state index contributed by atoms with van der Waals surface area (Å²) in [5, 5.41) is 4.15. The fraction of sp³-hybridized carbons (Fsp3) is 0.643. The third kappa shape index (κ3) is 2.36. The van der Waals surface area contributed by atoms with Crippen molar-refractivity contribution in [3.63, 3.8) is 0 Å². The van der Waals surface area contributed by atoms with Crippen LogP contribution in [0.2, 0.25) is 0 Å². The first-order valence-corrected chi connectivity index (χ1v) is 8.05. The predicted octanol–water partition coefficient (Wildman–Crippen LogP) is 2.45. The maximum Gasteiger partial charge on any atom is 0.0554 e. The zero-order valence-electron chi connectivity index (χ0n) is 11.1. The Morgan fingerprint density at radius 3 is 2.61 bits per heavy atom. The number of aromatic nitrogens is 1. The number of fused-ring (bicyclic) bond motifs is 2. The van der Waals surface area contributed by atoms with Crippen LogP contribution < -0.4 is 10.2 Å². The Morgan fingerprint density at radius 1 is 1.33 bits per heavy atom. The molecule has 0 aliphatic carbocycles. The highest BCUT2D eigenvalue weighted by Crippen LogP contribution is 2.27. The Labute approximate surface area is 113 Å². The molecule has 18 heavy (non-hydrogen) atoms. The van der Waals surface area contributed by atoms with Crippen LogP contribution in [0.25, 0.3) is 0 Å². The number of nitrogens with zero attached hydrogens (tertiary/aromatic N) is 2. The number of hydrogen-bond acceptors (Lipinski definition) is 4. The van der Waals surface area contributed by atoms with Gasteiger partial charge in [-0.2, -0.15) is 11.8 Å². The predicted molar refractivity (Wildman–Crippen MR) is 78.3 cm³/mol. The molecular formula is C14H21N3S. The van der Waals surface area contributed by atoms with Gasteiger partial charge in [-0.1, -0.05) is 0 Å². The van der Waals surface area contributed by atoms with Crippen LogP contribution in [0.4, 0.5) is 5.69 Å². The van der Waals surface area contributed by atoms with Crippen molar-refractivity contribution >= 4 is 17.4 Å². The molecule has 1 aromatic heterocycles. The van der Waals surface area contributed by atoms with Crippen molar-refractivity contribution in [2.24, 2.45) is 0 Å². The van der Waals surface area contributed by atoms with Gasteiger partial charge in [0.1, 0.15) is 0 Å². The van der Waals surface area contributed by atoms with E-state index in [1.165, 1.54) is 24.2 Å². The molecule has 0 saturated carbocycles. The van der Waals surface area contributed by atoms with E-state index in [4.69, 9.17) is 0 Å². The van der Waals surface area contributed by atoms with Gasteiger partial charge in [-0.25, -0.2) is 0 Å². The summed E-state index contributed by atoms with van der Waals surface area (Å²) in [5.41, 5.74) is 2.47. The third-order valence-corrected chi connectivity index (χ3v) is 5.07. The molecule has 4 heteroatoms. The minimum atomic E-state index is 0.484. The van der Waals surface area contributed by atoms with Crippen molar-refractivity contribution in [1.29, 1.82) is 0 Å². The van der Waals surface area contributed by atoms with Gasteiger partial charge in [0, 0.05) is 30.4 Å². The average molecular weight is 263 g/mol. The Kier molecular flexibility index (Phi) is 3.48. The number of rotatable bonds is 3. The lowest BCUT2D eigenvalue weighted by molar-refractivity contribution is 0.465. The Balaban J connectivity index is 1.73.